The molecule has 0 spiro atoms. The Labute approximate surface area is 201 Å². The minimum atomic E-state index is -4.62. The number of nitrogens with zero attached hydrogens (tertiary/aromatic N) is 5. The van der Waals surface area contributed by atoms with E-state index in [-0.39, 0.29) is 11.8 Å². The molecule has 11 heteroatoms. The smallest absolute Gasteiger partial charge is 0.382 e. The van der Waals surface area contributed by atoms with Crippen LogP contribution in [0.25, 0.3) is 0 Å². The molecule has 1 aromatic heterocycles. The van der Waals surface area contributed by atoms with Gasteiger partial charge in [-0.2, -0.15) is 18.4 Å². The van der Waals surface area contributed by atoms with Gasteiger partial charge in [-0.15, -0.1) is 0 Å². The van der Waals surface area contributed by atoms with E-state index in [1.54, 1.807) is 42.1 Å². The molecule has 4 rings (SSSR count). The van der Waals surface area contributed by atoms with E-state index in [1.165, 1.54) is 12.3 Å². The predicted octanol–water partition coefficient (Wildman–Crippen LogP) is 2.94. The Morgan fingerprint density at radius 1 is 1.31 bits per heavy atom. The van der Waals surface area contributed by atoms with Gasteiger partial charge in [0.1, 0.15) is 5.69 Å². The normalized spacial score (nSPS) is 22.2. The van der Waals surface area contributed by atoms with Crippen molar-refractivity contribution in [3.8, 4) is 6.07 Å². The molecule has 0 aliphatic carbocycles. The van der Waals surface area contributed by atoms with Crippen LogP contribution in [0.2, 0.25) is 0 Å². The second-order valence-electron chi connectivity index (χ2n) is 9.23. The Morgan fingerprint density at radius 3 is 2.77 bits per heavy atom. The number of carbonyl (C=O) groups excluding carboxylic acids is 1. The van der Waals surface area contributed by atoms with E-state index in [9.17, 15) is 18.0 Å². The average Bonchev–Trinajstić information content (AvgIpc) is 3.43. The fourth-order valence-electron chi connectivity index (χ4n) is 5.16. The third-order valence-corrected chi connectivity index (χ3v) is 7.00. The molecular weight excluding hydrogens is 463 g/mol. The van der Waals surface area contributed by atoms with Crippen molar-refractivity contribution < 1.29 is 27.4 Å². The fraction of sp³-hybridized carbons (Fsp3) is 0.542. The zero-order valence-electron chi connectivity index (χ0n) is 19.7. The number of methoxy groups -OCH3 is 1. The molecule has 3 heterocycles. The van der Waals surface area contributed by atoms with Gasteiger partial charge >= 0.3 is 6.18 Å². The van der Waals surface area contributed by atoms with E-state index in [1.807, 2.05) is 4.90 Å². The lowest BCUT2D eigenvalue weighted by Gasteiger charge is -2.43. The zero-order chi connectivity index (χ0) is 25.2. The van der Waals surface area contributed by atoms with Crippen molar-refractivity contribution >= 4 is 11.6 Å². The lowest BCUT2D eigenvalue weighted by atomic mass is 9.74. The number of hydrogen-bond acceptors (Lipinski definition) is 6. The van der Waals surface area contributed by atoms with E-state index >= 15 is 0 Å². The van der Waals surface area contributed by atoms with Crippen LogP contribution in [0.5, 0.6) is 0 Å². The quantitative estimate of drug-likeness (QED) is 0.554. The molecule has 2 fully saturated rings. The number of benzene rings is 1. The lowest BCUT2D eigenvalue weighted by molar-refractivity contribution is -0.137. The van der Waals surface area contributed by atoms with Crippen LogP contribution in [0, 0.1) is 22.7 Å². The van der Waals surface area contributed by atoms with Crippen molar-refractivity contribution in [2.45, 2.75) is 12.6 Å². The van der Waals surface area contributed by atoms with Crippen LogP contribution in [-0.2, 0) is 22.7 Å². The van der Waals surface area contributed by atoms with Crippen LogP contribution < -0.4 is 4.90 Å². The summed E-state index contributed by atoms with van der Waals surface area (Å²) < 4.78 is 53.4. The number of carbonyl (C=O) groups is 1. The second-order valence-corrected chi connectivity index (χ2v) is 9.23. The summed E-state index contributed by atoms with van der Waals surface area (Å²) in [5.74, 6) is 0.00140. The number of ether oxygens (including phenoxy) is 2. The summed E-state index contributed by atoms with van der Waals surface area (Å²) in [4.78, 5) is 20.9. The first-order valence-corrected chi connectivity index (χ1v) is 11.4. The highest BCUT2D eigenvalue weighted by atomic mass is 19.4. The molecule has 1 amide bonds. The van der Waals surface area contributed by atoms with Crippen LogP contribution in [0.4, 0.5) is 18.9 Å². The largest absolute Gasteiger partial charge is 0.417 e. The number of alkyl halides is 3. The van der Waals surface area contributed by atoms with Gasteiger partial charge in [-0.1, -0.05) is 0 Å². The molecule has 2 aliphatic heterocycles. The Bertz CT molecular complexity index is 1110. The van der Waals surface area contributed by atoms with Crippen molar-refractivity contribution in [1.29, 1.82) is 5.26 Å². The lowest BCUT2D eigenvalue weighted by Crippen LogP contribution is -2.53. The number of amides is 1. The molecule has 0 bridgehead atoms. The molecule has 188 valence electrons. The van der Waals surface area contributed by atoms with Crippen molar-refractivity contribution in [2.24, 2.45) is 18.4 Å². The summed E-state index contributed by atoms with van der Waals surface area (Å²) >= 11 is 0. The SMILES string of the molecule is COCCOC[C@@]12CN(C(=O)c3cncn3C)CC[C@@H]1CN(c1ccc(C#N)c(C(F)(F)F)c1)C2. The number of likely N-dealkylation sites (tertiary alicyclic amines) is 1. The maximum atomic E-state index is 13.6. The molecule has 2 atom stereocenters. The molecule has 2 saturated heterocycles. The molecule has 0 radical (unpaired) electrons. The molecule has 2 aromatic rings. The Hall–Kier alpha value is -3.10. The first kappa shape index (κ1) is 25.0. The number of hydrogen-bond donors (Lipinski definition) is 0. The number of fused-ring (bicyclic) bond motifs is 1. The molecule has 0 saturated carbocycles. The van der Waals surface area contributed by atoms with Crippen LogP contribution in [0.15, 0.2) is 30.7 Å². The third-order valence-electron chi connectivity index (χ3n) is 7.00. The Morgan fingerprint density at radius 2 is 2.11 bits per heavy atom. The number of imidazole rings is 1. The van der Waals surface area contributed by atoms with E-state index in [2.05, 4.69) is 4.98 Å². The molecule has 2 aliphatic rings. The number of aromatic nitrogens is 2. The molecule has 8 nitrogen and oxygen atoms in total. The maximum absolute atomic E-state index is 13.6. The number of nitriles is 1. The maximum Gasteiger partial charge on any atom is 0.417 e. The van der Waals surface area contributed by atoms with Gasteiger partial charge in [-0.3, -0.25) is 4.79 Å². The van der Waals surface area contributed by atoms with Gasteiger partial charge < -0.3 is 23.8 Å². The van der Waals surface area contributed by atoms with E-state index in [4.69, 9.17) is 14.7 Å². The van der Waals surface area contributed by atoms with Crippen LogP contribution >= 0.6 is 0 Å². The number of aryl methyl sites for hydroxylation is 1. The summed E-state index contributed by atoms with van der Waals surface area (Å²) in [5, 5.41) is 9.13. The van der Waals surface area contributed by atoms with Gasteiger partial charge in [0, 0.05) is 51.4 Å². The first-order valence-electron chi connectivity index (χ1n) is 11.4. The summed E-state index contributed by atoms with van der Waals surface area (Å²) in [6, 6.07) is 5.46. The second kappa shape index (κ2) is 9.87. The molecule has 0 unspecified atom stereocenters. The molecule has 0 N–H and O–H groups in total. The highest BCUT2D eigenvalue weighted by molar-refractivity contribution is 5.92. The minimum Gasteiger partial charge on any atom is -0.382 e. The summed E-state index contributed by atoms with van der Waals surface area (Å²) in [5.41, 5.74) is -0.900. The standard InChI is InChI=1S/C24H28F3N5O3/c1-30-16-29-11-21(30)22(33)31-6-5-18-12-32(14-23(18,13-31)15-35-8-7-34-2)19-4-3-17(10-28)20(9-19)24(25,26)27/h3-4,9,11,16,18H,5-8,12-15H2,1-2H3/t18-,23+/m1/s1. The summed E-state index contributed by atoms with van der Waals surface area (Å²) in [6.45, 7) is 3.11. The third kappa shape index (κ3) is 4.99. The van der Waals surface area contributed by atoms with Crippen LogP contribution in [0.1, 0.15) is 28.0 Å². The minimum absolute atomic E-state index is 0.129. The molecule has 35 heavy (non-hydrogen) atoms. The molecule has 1 aromatic carbocycles. The van der Waals surface area contributed by atoms with Crippen LogP contribution in [0.3, 0.4) is 0 Å². The zero-order valence-corrected chi connectivity index (χ0v) is 19.7. The topological polar surface area (TPSA) is 83.6 Å². The van der Waals surface area contributed by atoms with Gasteiger partial charge in [0.05, 0.1) is 49.5 Å². The van der Waals surface area contributed by atoms with Gasteiger partial charge in [-0.25, -0.2) is 4.98 Å². The number of piperidine rings is 1. The van der Waals surface area contributed by atoms with Gasteiger partial charge in [-0.05, 0) is 30.5 Å². The van der Waals surface area contributed by atoms with Gasteiger partial charge in [0.25, 0.3) is 5.91 Å². The Balaban J connectivity index is 1.61. The van der Waals surface area contributed by atoms with Crippen molar-refractivity contribution in [2.75, 3.05) is 58.0 Å². The number of anilines is 1. The fourth-order valence-corrected chi connectivity index (χ4v) is 5.16. The monoisotopic (exact) mass is 491 g/mol. The van der Waals surface area contributed by atoms with Crippen molar-refractivity contribution in [1.82, 2.24) is 14.5 Å². The van der Waals surface area contributed by atoms with Crippen LogP contribution in [-0.4, -0.2) is 73.5 Å². The van der Waals surface area contributed by atoms with E-state index in [0.717, 1.165) is 6.07 Å². The van der Waals surface area contributed by atoms with Crippen molar-refractivity contribution in [3.05, 3.63) is 47.5 Å². The summed E-state index contributed by atoms with van der Waals surface area (Å²) in [7, 11) is 3.34. The van der Waals surface area contributed by atoms with Gasteiger partial charge in [0.2, 0.25) is 0 Å². The Kier molecular flexibility index (Phi) is 7.05. The predicted molar refractivity (Wildman–Crippen MR) is 121 cm³/mol. The summed E-state index contributed by atoms with van der Waals surface area (Å²) in [6.07, 6.45) is -0.812. The molecular formula is C24H28F3N5O3. The van der Waals surface area contributed by atoms with E-state index < -0.39 is 22.7 Å². The van der Waals surface area contributed by atoms with E-state index in [0.29, 0.717) is 63.8 Å². The van der Waals surface area contributed by atoms with Gasteiger partial charge in [0.15, 0.2) is 0 Å². The first-order chi connectivity index (χ1) is 16.7. The van der Waals surface area contributed by atoms with Crippen molar-refractivity contribution in [3.63, 3.8) is 0 Å². The average molecular weight is 492 g/mol. The number of rotatable bonds is 7. The highest BCUT2D eigenvalue weighted by Gasteiger charge is 2.51. The highest BCUT2D eigenvalue weighted by Crippen LogP contribution is 2.45. The number of halogens is 3.